The Morgan fingerprint density at radius 1 is 1.00 bits per heavy atom. The third-order valence-electron chi connectivity index (χ3n) is 4.73. The van der Waals surface area contributed by atoms with Crippen LogP contribution in [-0.4, -0.2) is 22.0 Å². The Labute approximate surface area is 163 Å². The van der Waals surface area contributed by atoms with E-state index in [9.17, 15) is 4.79 Å². The van der Waals surface area contributed by atoms with Gasteiger partial charge in [0.05, 0.1) is 0 Å². The topological polar surface area (TPSA) is 72.9 Å². The molecule has 0 bridgehead atoms. The van der Waals surface area contributed by atoms with Gasteiger partial charge in [-0.3, -0.25) is 9.78 Å². The summed E-state index contributed by atoms with van der Waals surface area (Å²) in [5.41, 5.74) is 10.3. The van der Waals surface area contributed by atoms with Crippen molar-refractivity contribution in [1.29, 1.82) is 0 Å². The minimum absolute atomic E-state index is 0.0957. The van der Waals surface area contributed by atoms with Gasteiger partial charge in [0.2, 0.25) is 0 Å². The molecule has 28 heavy (non-hydrogen) atoms. The minimum atomic E-state index is -0.0957. The van der Waals surface area contributed by atoms with Gasteiger partial charge in [0.25, 0.3) is 5.91 Å². The third kappa shape index (κ3) is 3.88. The Bertz CT molecular complexity index is 1090. The molecular formula is C23H22N4O. The van der Waals surface area contributed by atoms with Crippen LogP contribution in [0, 0.1) is 0 Å². The van der Waals surface area contributed by atoms with E-state index in [4.69, 9.17) is 5.73 Å². The molecule has 2 aromatic heterocycles. The molecule has 0 saturated heterocycles. The molecule has 0 aliphatic carbocycles. The number of benzene rings is 2. The van der Waals surface area contributed by atoms with Crippen molar-refractivity contribution in [1.82, 2.24) is 14.9 Å². The predicted molar refractivity (Wildman–Crippen MR) is 112 cm³/mol. The Morgan fingerprint density at radius 2 is 1.82 bits per heavy atom. The van der Waals surface area contributed by atoms with Crippen LogP contribution in [0.25, 0.3) is 10.9 Å². The van der Waals surface area contributed by atoms with E-state index in [1.54, 1.807) is 6.20 Å². The SMILES string of the molecule is Nc1ccc2c(c1)cc(C(=O)NCCc1ccccn1)n2Cc1ccccc1. The van der Waals surface area contributed by atoms with Crippen molar-refractivity contribution in [3.05, 3.63) is 95.9 Å². The molecule has 0 aliphatic heterocycles. The van der Waals surface area contributed by atoms with Gasteiger partial charge in [-0.25, -0.2) is 0 Å². The molecule has 0 atom stereocenters. The monoisotopic (exact) mass is 370 g/mol. The highest BCUT2D eigenvalue weighted by Crippen LogP contribution is 2.24. The number of anilines is 1. The molecule has 3 N–H and O–H groups in total. The molecule has 0 radical (unpaired) electrons. The van der Waals surface area contributed by atoms with Crippen molar-refractivity contribution < 1.29 is 4.79 Å². The number of amides is 1. The Balaban J connectivity index is 1.59. The second-order valence-corrected chi connectivity index (χ2v) is 6.75. The molecule has 140 valence electrons. The first-order valence-electron chi connectivity index (χ1n) is 9.31. The molecule has 2 heterocycles. The normalized spacial score (nSPS) is 10.9. The van der Waals surface area contributed by atoms with Gasteiger partial charge in [0, 0.05) is 48.0 Å². The van der Waals surface area contributed by atoms with Crippen LogP contribution in [0.3, 0.4) is 0 Å². The fourth-order valence-electron chi connectivity index (χ4n) is 3.35. The summed E-state index contributed by atoms with van der Waals surface area (Å²) < 4.78 is 2.04. The lowest BCUT2D eigenvalue weighted by atomic mass is 10.2. The van der Waals surface area contributed by atoms with Crippen LogP contribution in [0.5, 0.6) is 0 Å². The van der Waals surface area contributed by atoms with E-state index in [1.807, 2.05) is 65.2 Å². The summed E-state index contributed by atoms with van der Waals surface area (Å²) in [4.78, 5) is 17.2. The smallest absolute Gasteiger partial charge is 0.267 e. The van der Waals surface area contributed by atoms with Crippen LogP contribution in [0.15, 0.2) is 79.0 Å². The van der Waals surface area contributed by atoms with Crippen molar-refractivity contribution >= 4 is 22.5 Å². The van der Waals surface area contributed by atoms with E-state index in [2.05, 4.69) is 22.4 Å². The largest absolute Gasteiger partial charge is 0.399 e. The van der Waals surface area contributed by atoms with E-state index in [0.717, 1.165) is 22.2 Å². The van der Waals surface area contributed by atoms with Gasteiger partial charge >= 0.3 is 0 Å². The summed E-state index contributed by atoms with van der Waals surface area (Å²) in [5, 5.41) is 3.98. The highest BCUT2D eigenvalue weighted by atomic mass is 16.1. The van der Waals surface area contributed by atoms with Gasteiger partial charge in [-0.15, -0.1) is 0 Å². The Morgan fingerprint density at radius 3 is 2.61 bits per heavy atom. The highest BCUT2D eigenvalue weighted by molar-refractivity contribution is 5.99. The fourth-order valence-corrected chi connectivity index (χ4v) is 3.35. The fraction of sp³-hybridized carbons (Fsp3) is 0.130. The third-order valence-corrected chi connectivity index (χ3v) is 4.73. The molecule has 5 nitrogen and oxygen atoms in total. The molecular weight excluding hydrogens is 348 g/mol. The van der Waals surface area contributed by atoms with Crippen molar-refractivity contribution in [3.63, 3.8) is 0 Å². The van der Waals surface area contributed by atoms with Gasteiger partial charge < -0.3 is 15.6 Å². The standard InChI is InChI=1S/C23H22N4O/c24-19-9-10-21-18(14-19)15-22(27(21)16-17-6-2-1-3-7-17)23(28)26-13-11-20-8-4-5-12-25-20/h1-10,12,14-15H,11,13,16,24H2,(H,26,28). The zero-order valence-corrected chi connectivity index (χ0v) is 15.5. The van der Waals surface area contributed by atoms with Crippen molar-refractivity contribution in [2.75, 3.05) is 12.3 Å². The summed E-state index contributed by atoms with van der Waals surface area (Å²) >= 11 is 0. The number of hydrogen-bond donors (Lipinski definition) is 2. The molecule has 4 aromatic rings. The molecule has 0 saturated carbocycles. The van der Waals surface area contributed by atoms with Crippen LogP contribution >= 0.6 is 0 Å². The number of nitrogens with one attached hydrogen (secondary N) is 1. The lowest BCUT2D eigenvalue weighted by Gasteiger charge is -2.11. The number of aromatic nitrogens is 2. The van der Waals surface area contributed by atoms with Gasteiger partial charge in [-0.1, -0.05) is 36.4 Å². The minimum Gasteiger partial charge on any atom is -0.399 e. The number of fused-ring (bicyclic) bond motifs is 1. The number of carbonyl (C=O) groups is 1. The summed E-state index contributed by atoms with van der Waals surface area (Å²) in [6.45, 7) is 1.15. The zero-order valence-electron chi connectivity index (χ0n) is 15.5. The van der Waals surface area contributed by atoms with Crippen molar-refractivity contribution in [3.8, 4) is 0 Å². The first-order chi connectivity index (χ1) is 13.7. The van der Waals surface area contributed by atoms with E-state index in [1.165, 1.54) is 0 Å². The first kappa shape index (κ1) is 17.8. The van der Waals surface area contributed by atoms with Crippen molar-refractivity contribution in [2.24, 2.45) is 0 Å². The zero-order chi connectivity index (χ0) is 19.3. The average Bonchev–Trinajstić information content (AvgIpc) is 3.07. The van der Waals surface area contributed by atoms with Crippen molar-refractivity contribution in [2.45, 2.75) is 13.0 Å². The number of pyridine rings is 1. The van der Waals surface area contributed by atoms with Gasteiger partial charge in [-0.2, -0.15) is 0 Å². The number of nitrogens with zero attached hydrogens (tertiary/aromatic N) is 2. The lowest BCUT2D eigenvalue weighted by Crippen LogP contribution is -2.28. The summed E-state index contributed by atoms with van der Waals surface area (Å²) in [5.74, 6) is -0.0957. The van der Waals surface area contributed by atoms with Crippen LogP contribution in [0.4, 0.5) is 5.69 Å². The number of hydrogen-bond acceptors (Lipinski definition) is 3. The molecule has 4 rings (SSSR count). The number of carbonyl (C=O) groups excluding carboxylic acids is 1. The molecule has 5 heteroatoms. The molecule has 0 aliphatic rings. The van der Waals surface area contributed by atoms with Crippen LogP contribution in [0.1, 0.15) is 21.7 Å². The maximum Gasteiger partial charge on any atom is 0.267 e. The van der Waals surface area contributed by atoms with Crippen LogP contribution in [0.2, 0.25) is 0 Å². The Hall–Kier alpha value is -3.60. The number of nitrogens with two attached hydrogens (primary N) is 1. The maximum absolute atomic E-state index is 12.9. The number of rotatable bonds is 6. The quantitative estimate of drug-likeness (QED) is 0.509. The van der Waals surface area contributed by atoms with Crippen LogP contribution in [-0.2, 0) is 13.0 Å². The molecule has 0 fully saturated rings. The maximum atomic E-state index is 12.9. The molecule has 2 aromatic carbocycles. The second-order valence-electron chi connectivity index (χ2n) is 6.75. The highest BCUT2D eigenvalue weighted by Gasteiger charge is 2.16. The molecule has 0 unspecified atom stereocenters. The molecule has 0 spiro atoms. The molecule has 1 amide bonds. The first-order valence-corrected chi connectivity index (χ1v) is 9.31. The van der Waals surface area contributed by atoms with E-state index < -0.39 is 0 Å². The number of nitrogen functional groups attached to an aromatic ring is 1. The van der Waals surface area contributed by atoms with Crippen LogP contribution < -0.4 is 11.1 Å². The lowest BCUT2D eigenvalue weighted by molar-refractivity contribution is 0.0945. The predicted octanol–water partition coefficient (Wildman–Crippen LogP) is 3.64. The second kappa shape index (κ2) is 7.96. The average molecular weight is 370 g/mol. The van der Waals surface area contributed by atoms with Gasteiger partial charge in [0.1, 0.15) is 5.69 Å². The van der Waals surface area contributed by atoms with E-state index in [0.29, 0.717) is 30.9 Å². The van der Waals surface area contributed by atoms with E-state index in [-0.39, 0.29) is 5.91 Å². The Kier molecular flexibility index (Phi) is 5.06. The summed E-state index contributed by atoms with van der Waals surface area (Å²) in [7, 11) is 0. The van der Waals surface area contributed by atoms with E-state index >= 15 is 0 Å². The summed E-state index contributed by atoms with van der Waals surface area (Å²) in [6.07, 6.45) is 2.46. The van der Waals surface area contributed by atoms with Gasteiger partial charge in [-0.05, 0) is 42.0 Å². The van der Waals surface area contributed by atoms with Gasteiger partial charge in [0.15, 0.2) is 0 Å². The summed E-state index contributed by atoms with van der Waals surface area (Å²) in [6, 6.07) is 23.6.